The monoisotopic (exact) mass is 195 g/mol. The molecule has 0 aromatic carbocycles. The molecule has 80 valence electrons. The second-order valence-corrected chi connectivity index (χ2v) is 4.07. The number of nitrogens with zero attached hydrogens (tertiary/aromatic N) is 3. The van der Waals surface area contributed by atoms with Gasteiger partial charge in [-0.1, -0.05) is 20.3 Å². The molecule has 1 saturated heterocycles. The van der Waals surface area contributed by atoms with Crippen molar-refractivity contribution < 1.29 is 0 Å². The third kappa shape index (κ3) is 3.48. The summed E-state index contributed by atoms with van der Waals surface area (Å²) in [4.78, 5) is 2.31. The number of likely N-dealkylation sites (tertiary alicyclic amines) is 1. The van der Waals surface area contributed by atoms with Gasteiger partial charge in [0.05, 0.1) is 0 Å². The molecular formula is C11H21N3. The first kappa shape index (κ1) is 11.2. The van der Waals surface area contributed by atoms with E-state index in [1.54, 1.807) is 0 Å². The highest BCUT2D eigenvalue weighted by Gasteiger charge is 2.19. The largest absolute Gasteiger partial charge is 0.359 e. The normalized spacial score (nSPS) is 23.8. The van der Waals surface area contributed by atoms with Crippen LogP contribution in [0.5, 0.6) is 0 Å². The standard InChI is InChI=1S/C11H21N3/c1-4-5-7-12-13-11(3)14-8-6-10(2)9-14/h7,10H,4-6,8-9H2,1-3H3/b12-7-,13-11+. The van der Waals surface area contributed by atoms with Gasteiger partial charge in [-0.3, -0.25) is 0 Å². The number of amidine groups is 1. The summed E-state index contributed by atoms with van der Waals surface area (Å²) >= 11 is 0. The SMILES string of the molecule is CCC/C=N\N=C(/C)N1CCC(C)C1. The van der Waals surface area contributed by atoms with Crippen LogP contribution in [0, 0.1) is 5.92 Å². The van der Waals surface area contributed by atoms with Gasteiger partial charge in [0.2, 0.25) is 0 Å². The first-order valence-electron chi connectivity index (χ1n) is 5.55. The van der Waals surface area contributed by atoms with E-state index in [0.29, 0.717) is 0 Å². The maximum absolute atomic E-state index is 4.19. The van der Waals surface area contributed by atoms with E-state index in [1.807, 2.05) is 13.1 Å². The predicted molar refractivity (Wildman–Crippen MR) is 61.9 cm³/mol. The van der Waals surface area contributed by atoms with Crippen LogP contribution >= 0.6 is 0 Å². The lowest BCUT2D eigenvalue weighted by molar-refractivity contribution is 0.490. The summed E-state index contributed by atoms with van der Waals surface area (Å²) in [7, 11) is 0. The molecular weight excluding hydrogens is 174 g/mol. The molecule has 1 aliphatic heterocycles. The molecule has 1 heterocycles. The molecule has 0 aromatic heterocycles. The Kier molecular flexibility index (Phi) is 4.63. The van der Waals surface area contributed by atoms with Crippen LogP contribution in [0.1, 0.15) is 40.0 Å². The number of unbranched alkanes of at least 4 members (excludes halogenated alkanes) is 1. The minimum atomic E-state index is 0.805. The molecule has 0 aromatic rings. The summed E-state index contributed by atoms with van der Waals surface area (Å²) in [5.41, 5.74) is 0. The van der Waals surface area contributed by atoms with E-state index in [-0.39, 0.29) is 0 Å². The fourth-order valence-corrected chi connectivity index (χ4v) is 1.60. The van der Waals surface area contributed by atoms with Gasteiger partial charge in [-0.05, 0) is 25.7 Å². The molecule has 0 aliphatic carbocycles. The Balaban J connectivity index is 2.36. The first-order chi connectivity index (χ1) is 6.74. The highest BCUT2D eigenvalue weighted by atomic mass is 15.3. The van der Waals surface area contributed by atoms with Crippen LogP contribution in [-0.4, -0.2) is 30.0 Å². The van der Waals surface area contributed by atoms with Gasteiger partial charge in [0.1, 0.15) is 5.84 Å². The van der Waals surface area contributed by atoms with E-state index in [1.165, 1.54) is 6.42 Å². The Morgan fingerprint density at radius 3 is 2.93 bits per heavy atom. The molecule has 1 atom stereocenters. The predicted octanol–water partition coefficient (Wildman–Crippen LogP) is 2.53. The number of hydrogen-bond donors (Lipinski definition) is 0. The molecule has 1 aliphatic rings. The lowest BCUT2D eigenvalue weighted by Gasteiger charge is -2.15. The maximum Gasteiger partial charge on any atom is 0.124 e. The summed E-state index contributed by atoms with van der Waals surface area (Å²) in [5, 5.41) is 8.24. The smallest absolute Gasteiger partial charge is 0.124 e. The highest BCUT2D eigenvalue weighted by molar-refractivity contribution is 5.80. The Morgan fingerprint density at radius 1 is 1.57 bits per heavy atom. The van der Waals surface area contributed by atoms with E-state index < -0.39 is 0 Å². The Bertz CT molecular complexity index is 221. The molecule has 1 fully saturated rings. The Morgan fingerprint density at radius 2 is 2.36 bits per heavy atom. The highest BCUT2D eigenvalue weighted by Crippen LogP contribution is 2.15. The summed E-state index contributed by atoms with van der Waals surface area (Å²) in [6, 6.07) is 0. The Hall–Kier alpha value is -0.860. The van der Waals surface area contributed by atoms with Crippen LogP contribution < -0.4 is 0 Å². The zero-order valence-corrected chi connectivity index (χ0v) is 9.53. The maximum atomic E-state index is 4.19. The number of hydrogen-bond acceptors (Lipinski definition) is 2. The van der Waals surface area contributed by atoms with Gasteiger partial charge in [-0.15, -0.1) is 5.10 Å². The fraction of sp³-hybridized carbons (Fsp3) is 0.818. The van der Waals surface area contributed by atoms with Crippen molar-refractivity contribution in [1.82, 2.24) is 4.90 Å². The van der Waals surface area contributed by atoms with E-state index in [2.05, 4.69) is 29.0 Å². The molecule has 3 nitrogen and oxygen atoms in total. The molecule has 0 saturated carbocycles. The van der Waals surface area contributed by atoms with Crippen molar-refractivity contribution in [2.45, 2.75) is 40.0 Å². The fourth-order valence-electron chi connectivity index (χ4n) is 1.60. The van der Waals surface area contributed by atoms with E-state index in [0.717, 1.165) is 37.7 Å². The van der Waals surface area contributed by atoms with Crippen molar-refractivity contribution in [3.8, 4) is 0 Å². The second kappa shape index (κ2) is 5.78. The van der Waals surface area contributed by atoms with Gasteiger partial charge >= 0.3 is 0 Å². The third-order valence-corrected chi connectivity index (χ3v) is 2.58. The van der Waals surface area contributed by atoms with Gasteiger partial charge in [0.15, 0.2) is 0 Å². The van der Waals surface area contributed by atoms with E-state index in [9.17, 15) is 0 Å². The molecule has 0 N–H and O–H groups in total. The molecule has 0 amide bonds. The van der Waals surface area contributed by atoms with Gasteiger partial charge < -0.3 is 4.90 Å². The van der Waals surface area contributed by atoms with Crippen molar-refractivity contribution in [3.63, 3.8) is 0 Å². The third-order valence-electron chi connectivity index (χ3n) is 2.58. The van der Waals surface area contributed by atoms with Crippen molar-refractivity contribution in [3.05, 3.63) is 0 Å². The first-order valence-corrected chi connectivity index (χ1v) is 5.55. The van der Waals surface area contributed by atoms with Crippen molar-refractivity contribution >= 4 is 12.1 Å². The molecule has 14 heavy (non-hydrogen) atoms. The summed E-state index contributed by atoms with van der Waals surface area (Å²) < 4.78 is 0. The molecule has 0 bridgehead atoms. The van der Waals surface area contributed by atoms with Crippen molar-refractivity contribution in [1.29, 1.82) is 0 Å². The van der Waals surface area contributed by atoms with Gasteiger partial charge in [0.25, 0.3) is 0 Å². The average Bonchev–Trinajstić information content (AvgIpc) is 2.59. The molecule has 1 unspecified atom stereocenters. The van der Waals surface area contributed by atoms with Crippen LogP contribution in [0.3, 0.4) is 0 Å². The zero-order chi connectivity index (χ0) is 10.4. The van der Waals surface area contributed by atoms with Crippen LogP contribution in [0.15, 0.2) is 10.2 Å². The summed E-state index contributed by atoms with van der Waals surface area (Å²) in [6.45, 7) is 8.75. The van der Waals surface area contributed by atoms with Crippen LogP contribution in [0.4, 0.5) is 0 Å². The summed E-state index contributed by atoms with van der Waals surface area (Å²) in [6.07, 6.45) is 5.33. The second-order valence-electron chi connectivity index (χ2n) is 4.07. The number of rotatable bonds is 3. The van der Waals surface area contributed by atoms with Gasteiger partial charge in [0, 0.05) is 19.3 Å². The van der Waals surface area contributed by atoms with Crippen LogP contribution in [0.2, 0.25) is 0 Å². The topological polar surface area (TPSA) is 28.0 Å². The summed E-state index contributed by atoms with van der Waals surface area (Å²) in [5.74, 6) is 1.86. The molecule has 1 rings (SSSR count). The van der Waals surface area contributed by atoms with Gasteiger partial charge in [-0.25, -0.2) is 0 Å². The van der Waals surface area contributed by atoms with E-state index >= 15 is 0 Å². The van der Waals surface area contributed by atoms with Crippen LogP contribution in [0.25, 0.3) is 0 Å². The molecule has 3 heteroatoms. The molecule has 0 radical (unpaired) electrons. The minimum Gasteiger partial charge on any atom is -0.359 e. The van der Waals surface area contributed by atoms with Crippen LogP contribution in [-0.2, 0) is 0 Å². The van der Waals surface area contributed by atoms with E-state index in [4.69, 9.17) is 0 Å². The van der Waals surface area contributed by atoms with Crippen molar-refractivity contribution in [2.75, 3.05) is 13.1 Å². The van der Waals surface area contributed by atoms with Gasteiger partial charge in [-0.2, -0.15) is 5.10 Å². The zero-order valence-electron chi connectivity index (χ0n) is 9.53. The quantitative estimate of drug-likeness (QED) is 0.386. The minimum absolute atomic E-state index is 0.805. The lowest BCUT2D eigenvalue weighted by Crippen LogP contribution is -2.25. The lowest BCUT2D eigenvalue weighted by atomic mass is 10.2. The average molecular weight is 195 g/mol. The van der Waals surface area contributed by atoms with Crippen molar-refractivity contribution in [2.24, 2.45) is 16.1 Å². The Labute approximate surface area is 86.9 Å². The molecule has 0 spiro atoms.